The van der Waals surface area contributed by atoms with Gasteiger partial charge in [0.15, 0.2) is 0 Å². The second-order valence-electron chi connectivity index (χ2n) is 4.42. The largest absolute Gasteiger partial charge is 0.493 e. The Morgan fingerprint density at radius 2 is 2.18 bits per heavy atom. The molecule has 1 aromatic carbocycles. The van der Waals surface area contributed by atoms with E-state index in [1.165, 1.54) is 11.8 Å². The van der Waals surface area contributed by atoms with Crippen molar-refractivity contribution >= 4 is 26.8 Å². The van der Waals surface area contributed by atoms with Gasteiger partial charge in [-0.3, -0.25) is 0 Å². The maximum Gasteiger partial charge on any atom is 0.128 e. The summed E-state index contributed by atoms with van der Waals surface area (Å²) >= 11 is 3.47. The van der Waals surface area contributed by atoms with Gasteiger partial charge in [0.1, 0.15) is 5.75 Å². The normalized spacial score (nSPS) is 12.8. The lowest BCUT2D eigenvalue weighted by Gasteiger charge is -2.11. The summed E-state index contributed by atoms with van der Waals surface area (Å²) in [5.74, 6) is 1.69. The molecule has 1 N–H and O–H groups in total. The Hall–Kier alpha value is -0.960. The van der Waals surface area contributed by atoms with Gasteiger partial charge in [-0.2, -0.15) is 0 Å². The third kappa shape index (κ3) is 3.25. The fraction of sp³-hybridized carbons (Fsp3) is 0.429. The molecule has 1 aromatic heterocycles. The first-order valence-electron chi connectivity index (χ1n) is 6.06. The number of halogens is 1. The van der Waals surface area contributed by atoms with E-state index in [-0.39, 0.29) is 0 Å². The molecule has 0 bridgehead atoms. The molecule has 2 aromatic rings. The average Bonchev–Trinajstić information content (AvgIpc) is 2.78. The van der Waals surface area contributed by atoms with E-state index in [0.29, 0.717) is 5.92 Å². The van der Waals surface area contributed by atoms with Gasteiger partial charge in [0.25, 0.3) is 0 Å². The van der Waals surface area contributed by atoms with Gasteiger partial charge in [-0.1, -0.05) is 28.9 Å². The van der Waals surface area contributed by atoms with E-state index in [1.54, 1.807) is 0 Å². The van der Waals surface area contributed by atoms with Crippen LogP contribution in [0.2, 0.25) is 0 Å². The Labute approximate surface area is 110 Å². The molecular weight excluding hydrogens is 278 g/mol. The molecule has 2 nitrogen and oxygen atoms in total. The van der Waals surface area contributed by atoms with E-state index in [4.69, 9.17) is 4.74 Å². The Morgan fingerprint density at radius 1 is 1.29 bits per heavy atom. The van der Waals surface area contributed by atoms with Gasteiger partial charge in [0.05, 0.1) is 6.61 Å². The molecule has 1 atom stereocenters. The SMILES string of the molecule is C[C@@H](CCBr)CCOc1cccc2[nH]ccc12. The van der Waals surface area contributed by atoms with E-state index < -0.39 is 0 Å². The number of ether oxygens (including phenoxy) is 1. The number of nitrogens with one attached hydrogen (secondary N) is 1. The number of aromatic nitrogens is 1. The molecule has 0 aliphatic carbocycles. The third-order valence-electron chi connectivity index (χ3n) is 3.03. The maximum atomic E-state index is 5.86. The maximum absolute atomic E-state index is 5.86. The van der Waals surface area contributed by atoms with Crippen LogP contribution in [0.3, 0.4) is 0 Å². The van der Waals surface area contributed by atoms with Crippen molar-refractivity contribution < 1.29 is 4.74 Å². The number of alkyl halides is 1. The van der Waals surface area contributed by atoms with Crippen LogP contribution >= 0.6 is 15.9 Å². The van der Waals surface area contributed by atoms with E-state index in [2.05, 4.69) is 40.0 Å². The van der Waals surface area contributed by atoms with Gasteiger partial charge in [-0.25, -0.2) is 0 Å². The summed E-state index contributed by atoms with van der Waals surface area (Å²) in [5.41, 5.74) is 1.14. The highest BCUT2D eigenvalue weighted by atomic mass is 79.9. The van der Waals surface area contributed by atoms with Gasteiger partial charge in [-0.05, 0) is 37.0 Å². The van der Waals surface area contributed by atoms with Crippen LogP contribution < -0.4 is 4.74 Å². The molecule has 0 saturated heterocycles. The quantitative estimate of drug-likeness (QED) is 0.787. The van der Waals surface area contributed by atoms with Gasteiger partial charge in [-0.15, -0.1) is 0 Å². The van der Waals surface area contributed by atoms with Crippen molar-refractivity contribution in [3.8, 4) is 5.75 Å². The molecule has 1 heterocycles. The number of hydrogen-bond acceptors (Lipinski definition) is 1. The first-order chi connectivity index (χ1) is 8.31. The first kappa shape index (κ1) is 12.5. The van der Waals surface area contributed by atoms with Crippen LogP contribution in [0, 0.1) is 5.92 Å². The van der Waals surface area contributed by atoms with E-state index >= 15 is 0 Å². The number of aromatic amines is 1. The molecule has 0 saturated carbocycles. The highest BCUT2D eigenvalue weighted by Gasteiger charge is 2.04. The smallest absolute Gasteiger partial charge is 0.128 e. The molecule has 0 unspecified atom stereocenters. The zero-order chi connectivity index (χ0) is 12.1. The summed E-state index contributed by atoms with van der Waals surface area (Å²) in [6.07, 6.45) is 4.26. The number of hydrogen-bond donors (Lipinski definition) is 1. The third-order valence-corrected chi connectivity index (χ3v) is 3.48. The summed E-state index contributed by atoms with van der Waals surface area (Å²) in [6, 6.07) is 8.18. The summed E-state index contributed by atoms with van der Waals surface area (Å²) in [7, 11) is 0. The Kier molecular flexibility index (Phi) is 4.49. The number of benzene rings is 1. The van der Waals surface area contributed by atoms with Crippen molar-refractivity contribution in [2.24, 2.45) is 5.92 Å². The minimum atomic E-state index is 0.708. The lowest BCUT2D eigenvalue weighted by atomic mass is 10.1. The van der Waals surface area contributed by atoms with Crippen molar-refractivity contribution in [1.82, 2.24) is 4.98 Å². The fourth-order valence-corrected chi connectivity index (χ4v) is 2.66. The predicted molar refractivity (Wildman–Crippen MR) is 76.0 cm³/mol. The van der Waals surface area contributed by atoms with Crippen molar-refractivity contribution in [2.45, 2.75) is 19.8 Å². The van der Waals surface area contributed by atoms with Crippen LogP contribution in [-0.4, -0.2) is 16.9 Å². The molecule has 2 rings (SSSR count). The van der Waals surface area contributed by atoms with Crippen molar-refractivity contribution in [3.05, 3.63) is 30.5 Å². The van der Waals surface area contributed by atoms with Crippen molar-refractivity contribution in [3.63, 3.8) is 0 Å². The lowest BCUT2D eigenvalue weighted by Crippen LogP contribution is -2.04. The molecule has 17 heavy (non-hydrogen) atoms. The lowest BCUT2D eigenvalue weighted by molar-refractivity contribution is 0.285. The minimum absolute atomic E-state index is 0.708. The average molecular weight is 296 g/mol. The van der Waals surface area contributed by atoms with Crippen molar-refractivity contribution in [2.75, 3.05) is 11.9 Å². The second kappa shape index (κ2) is 6.10. The molecule has 0 fully saturated rings. The molecular formula is C14H18BrNO. The molecule has 0 spiro atoms. The second-order valence-corrected chi connectivity index (χ2v) is 5.21. The topological polar surface area (TPSA) is 25.0 Å². The van der Waals surface area contributed by atoms with Gasteiger partial charge < -0.3 is 9.72 Å². The minimum Gasteiger partial charge on any atom is -0.493 e. The Balaban J connectivity index is 1.92. The summed E-state index contributed by atoms with van der Waals surface area (Å²) in [6.45, 7) is 3.06. The van der Waals surface area contributed by atoms with Crippen LogP contribution in [0.25, 0.3) is 10.9 Å². The van der Waals surface area contributed by atoms with Crippen LogP contribution in [0.5, 0.6) is 5.75 Å². The fourth-order valence-electron chi connectivity index (χ4n) is 1.88. The monoisotopic (exact) mass is 295 g/mol. The first-order valence-corrected chi connectivity index (χ1v) is 7.18. The van der Waals surface area contributed by atoms with E-state index in [1.807, 2.05) is 18.3 Å². The standard InChI is InChI=1S/C14H18BrNO/c1-11(5-8-15)7-10-17-14-4-2-3-13-12(14)6-9-16-13/h2-4,6,9,11,16H,5,7-8,10H2,1H3/t11-/m0/s1. The van der Waals surface area contributed by atoms with Crippen LogP contribution in [0.4, 0.5) is 0 Å². The predicted octanol–water partition coefficient (Wildman–Crippen LogP) is 4.36. The number of rotatable bonds is 6. The Bertz CT molecular complexity index is 466. The van der Waals surface area contributed by atoms with E-state index in [0.717, 1.165) is 29.6 Å². The van der Waals surface area contributed by atoms with Crippen molar-refractivity contribution in [1.29, 1.82) is 0 Å². The Morgan fingerprint density at radius 3 is 3.00 bits per heavy atom. The molecule has 92 valence electrons. The summed E-state index contributed by atoms with van der Waals surface area (Å²) in [4.78, 5) is 3.19. The molecule has 0 amide bonds. The molecule has 0 aliphatic heterocycles. The zero-order valence-electron chi connectivity index (χ0n) is 10.1. The summed E-state index contributed by atoms with van der Waals surface area (Å²) in [5, 5.41) is 2.24. The highest BCUT2D eigenvalue weighted by molar-refractivity contribution is 9.09. The van der Waals surface area contributed by atoms with Crippen LogP contribution in [0.15, 0.2) is 30.5 Å². The number of fused-ring (bicyclic) bond motifs is 1. The molecule has 3 heteroatoms. The van der Waals surface area contributed by atoms with Crippen LogP contribution in [-0.2, 0) is 0 Å². The van der Waals surface area contributed by atoms with Crippen LogP contribution in [0.1, 0.15) is 19.8 Å². The summed E-state index contributed by atoms with van der Waals surface area (Å²) < 4.78 is 5.86. The highest BCUT2D eigenvalue weighted by Crippen LogP contribution is 2.24. The van der Waals surface area contributed by atoms with Gasteiger partial charge >= 0.3 is 0 Å². The van der Waals surface area contributed by atoms with Gasteiger partial charge in [0, 0.05) is 22.4 Å². The molecule has 0 aliphatic rings. The zero-order valence-corrected chi connectivity index (χ0v) is 11.7. The van der Waals surface area contributed by atoms with Gasteiger partial charge in [0.2, 0.25) is 0 Å². The number of H-pyrrole nitrogens is 1. The van der Waals surface area contributed by atoms with E-state index in [9.17, 15) is 0 Å². The molecule has 0 radical (unpaired) electrons.